The van der Waals surface area contributed by atoms with Crippen LogP contribution >= 0.6 is 0 Å². The minimum absolute atomic E-state index is 0.0353. The predicted molar refractivity (Wildman–Crippen MR) is 191 cm³/mol. The highest BCUT2D eigenvalue weighted by Gasteiger charge is 2.73. The van der Waals surface area contributed by atoms with Crippen molar-refractivity contribution in [3.8, 4) is 11.5 Å². The minimum Gasteiger partial charge on any atom is -0.507 e. The molecule has 57 heavy (non-hydrogen) atoms. The van der Waals surface area contributed by atoms with Gasteiger partial charge < -0.3 is 59.6 Å². The molecular weight excluding hydrogens is 753 g/mol. The Balaban J connectivity index is 1.49. The number of nitrogens with one attached hydrogen (secondary N) is 1. The topological polar surface area (TPSA) is 248 Å². The van der Waals surface area contributed by atoms with Crippen LogP contribution in [0.15, 0.2) is 48.2 Å². The second-order valence-electron chi connectivity index (χ2n) is 14.5. The van der Waals surface area contributed by atoms with Crippen LogP contribution in [0, 0.1) is 12.7 Å². The van der Waals surface area contributed by atoms with Gasteiger partial charge in [-0.3, -0.25) is 14.4 Å². The first-order valence-corrected chi connectivity index (χ1v) is 17.7. The molecule has 302 valence electrons. The smallest absolute Gasteiger partial charge is 0.341 e. The first kappa shape index (κ1) is 40.1. The zero-order valence-corrected chi connectivity index (χ0v) is 31.4. The fourth-order valence-electron chi connectivity index (χ4n) is 9.03. The molecule has 0 spiro atoms. The monoisotopic (exact) mass is 793 g/mol. The van der Waals surface area contributed by atoms with Crippen molar-refractivity contribution in [1.82, 2.24) is 5.32 Å². The van der Waals surface area contributed by atoms with Crippen LogP contribution in [0.25, 0.3) is 0 Å². The third kappa shape index (κ3) is 5.20. The molecule has 1 saturated heterocycles. The first-order valence-electron chi connectivity index (χ1n) is 17.7. The van der Waals surface area contributed by atoms with E-state index in [9.17, 15) is 49.4 Å². The van der Waals surface area contributed by atoms with Gasteiger partial charge in [0.05, 0.1) is 36.1 Å². The van der Waals surface area contributed by atoms with Crippen LogP contribution in [0.4, 0.5) is 4.39 Å². The Kier molecular flexibility index (Phi) is 9.69. The van der Waals surface area contributed by atoms with E-state index in [4.69, 9.17) is 23.7 Å². The molecule has 0 bridgehead atoms. The number of aliphatic hydroxyl groups excluding tert-OH is 2. The van der Waals surface area contributed by atoms with E-state index in [0.717, 1.165) is 50.6 Å². The van der Waals surface area contributed by atoms with E-state index in [-0.39, 0.29) is 22.4 Å². The van der Waals surface area contributed by atoms with Crippen molar-refractivity contribution < 1.29 is 77.9 Å². The molecule has 3 aromatic rings. The second kappa shape index (κ2) is 13.8. The third-order valence-electron chi connectivity index (χ3n) is 11.7. The van der Waals surface area contributed by atoms with E-state index < -0.39 is 134 Å². The number of halogens is 1. The van der Waals surface area contributed by atoms with E-state index in [1.54, 1.807) is 6.92 Å². The maximum atomic E-state index is 15.0. The van der Waals surface area contributed by atoms with Crippen LogP contribution in [0.1, 0.15) is 76.2 Å². The summed E-state index contributed by atoms with van der Waals surface area (Å²) in [6.45, 7) is 3.04. The number of phenols is 2. The van der Waals surface area contributed by atoms with Gasteiger partial charge in [0.15, 0.2) is 28.8 Å². The van der Waals surface area contributed by atoms with Crippen LogP contribution < -0.4 is 5.32 Å². The lowest BCUT2D eigenvalue weighted by molar-refractivity contribution is -0.237. The zero-order chi connectivity index (χ0) is 41.7. The average molecular weight is 794 g/mol. The van der Waals surface area contributed by atoms with Crippen LogP contribution in [-0.4, -0.2) is 125 Å². The number of esters is 1. The molecule has 0 saturated carbocycles. The second-order valence-corrected chi connectivity index (χ2v) is 14.5. The molecule has 7 N–H and O–H groups in total. The summed E-state index contributed by atoms with van der Waals surface area (Å²) in [5.74, 6) is -7.67. The number of carbonyl (C=O) groups is 4. The van der Waals surface area contributed by atoms with Gasteiger partial charge in [0.2, 0.25) is 11.6 Å². The summed E-state index contributed by atoms with van der Waals surface area (Å²) in [5.41, 5.74) is -13.2. The van der Waals surface area contributed by atoms with Gasteiger partial charge in [-0.2, -0.15) is 0 Å². The number of ketones is 3. The molecular formula is C40H40FNO15. The maximum absolute atomic E-state index is 15.0. The Bertz CT molecular complexity index is 2280. The number of phenolic OH excluding ortho intramolecular Hbond substituents is 2. The van der Waals surface area contributed by atoms with E-state index in [2.05, 4.69) is 5.32 Å². The Morgan fingerprint density at radius 3 is 2.18 bits per heavy atom. The number of benzene rings is 3. The molecule has 0 aromatic heterocycles. The summed E-state index contributed by atoms with van der Waals surface area (Å²) in [5, 5.41) is 74.8. The summed E-state index contributed by atoms with van der Waals surface area (Å²) in [4.78, 5) is 56.8. The van der Waals surface area contributed by atoms with E-state index in [0.29, 0.717) is 0 Å². The van der Waals surface area contributed by atoms with Crippen molar-refractivity contribution >= 4 is 23.3 Å². The summed E-state index contributed by atoms with van der Waals surface area (Å²) in [6, 6.07) is 6.53. The molecule has 4 aliphatic rings. The Labute approximate surface area is 324 Å². The number of fused-ring (bicyclic) bond motifs is 5. The van der Waals surface area contributed by atoms with Crippen molar-refractivity contribution in [2.45, 2.75) is 73.8 Å². The molecule has 16 nitrogen and oxygen atoms in total. The molecule has 3 aliphatic carbocycles. The highest BCUT2D eigenvalue weighted by Crippen LogP contribution is 2.57. The highest BCUT2D eigenvalue weighted by molar-refractivity contribution is 6.26. The summed E-state index contributed by atoms with van der Waals surface area (Å²) < 4.78 is 41.7. The Hall–Kier alpha value is -5.11. The number of carbonyl (C=O) groups excluding carboxylic acids is 4. The molecule has 1 aliphatic heterocycles. The minimum atomic E-state index is -3.31. The number of aromatic hydroxyl groups is 2. The highest BCUT2D eigenvalue weighted by atomic mass is 19.1. The first-order chi connectivity index (χ1) is 26.9. The molecule has 9 atom stereocenters. The summed E-state index contributed by atoms with van der Waals surface area (Å²) >= 11 is 0. The number of allylic oxidation sites excluding steroid dienone is 1. The van der Waals surface area contributed by atoms with Crippen LogP contribution in [-0.2, 0) is 41.3 Å². The van der Waals surface area contributed by atoms with Crippen molar-refractivity contribution in [3.05, 3.63) is 104 Å². The lowest BCUT2D eigenvalue weighted by atomic mass is 9.56. The van der Waals surface area contributed by atoms with Gasteiger partial charge in [-0.15, -0.1) is 0 Å². The van der Waals surface area contributed by atoms with Gasteiger partial charge >= 0.3 is 5.97 Å². The molecule has 1 heterocycles. The summed E-state index contributed by atoms with van der Waals surface area (Å²) in [7, 11) is 4.58. The normalized spacial score (nSPS) is 31.8. The molecule has 0 radical (unpaired) electrons. The number of rotatable bonds is 7. The number of hydrogen-bond donors (Lipinski definition) is 7. The maximum Gasteiger partial charge on any atom is 0.341 e. The number of aryl methyl sites for hydroxylation is 1. The number of Topliss-reactive ketones (excluding diaryl/α,β-unsaturated/α-hetero) is 2. The van der Waals surface area contributed by atoms with Gasteiger partial charge in [-0.25, -0.2) is 9.18 Å². The summed E-state index contributed by atoms with van der Waals surface area (Å²) in [6.07, 6.45) is -6.98. The Morgan fingerprint density at radius 1 is 0.930 bits per heavy atom. The standard InChI is InChI=1S/C40H40FNO15/c1-15-11-17-12-24(44)40(56-6)35(49)26-20(34(48)39(40,52)28(17)30(46)25(15)37(50)55-5)13-21-27(29(26)45)22(43)14-23(38(21,51)18-7-9-19(41)10-8-18)42-36-33(54-4)31(47)32(53-3)16(2)57-36/h7-11,13-14,16,24,31-33,36,42,44-47,51-52H,12H2,1-6H3/t16-,24+,31+,32-,33+,36-,38?,39-,40+/m0/s1. The van der Waals surface area contributed by atoms with Crippen molar-refractivity contribution in [2.75, 3.05) is 28.4 Å². The van der Waals surface area contributed by atoms with Crippen LogP contribution in [0.2, 0.25) is 0 Å². The molecule has 0 amide bonds. The number of ether oxygens (including phenoxy) is 5. The largest absolute Gasteiger partial charge is 0.507 e. The SMILES string of the molecule is COC(=O)c1c(C)cc2c(c1O)[C@]1(O)C(=O)c3cc4c(c(O)c3C(=O)[C@]1(OC)[C@H](O)C2)C(=O)C=C(N[C@H]1O[C@@H](C)[C@H](OC)[C@@H](O)[C@H]1OC)C4(O)c1ccc(F)cc1. The number of hydrogen-bond acceptors (Lipinski definition) is 16. The van der Waals surface area contributed by atoms with Crippen LogP contribution in [0.3, 0.4) is 0 Å². The fraction of sp³-hybridized carbons (Fsp3) is 0.400. The average Bonchev–Trinajstić information content (AvgIpc) is 3.16. The number of aliphatic hydroxyl groups is 4. The quantitative estimate of drug-likeness (QED) is 0.165. The van der Waals surface area contributed by atoms with Gasteiger partial charge in [0.1, 0.15) is 41.2 Å². The van der Waals surface area contributed by atoms with Gasteiger partial charge in [-0.05, 0) is 48.7 Å². The van der Waals surface area contributed by atoms with Crippen molar-refractivity contribution in [3.63, 3.8) is 0 Å². The third-order valence-corrected chi connectivity index (χ3v) is 11.7. The van der Waals surface area contributed by atoms with Gasteiger partial charge in [0, 0.05) is 50.5 Å². The molecule has 1 unspecified atom stereocenters. The predicted octanol–water partition coefficient (Wildman–Crippen LogP) is 0.942. The Morgan fingerprint density at radius 2 is 1.58 bits per heavy atom. The van der Waals surface area contributed by atoms with Gasteiger partial charge in [-0.1, -0.05) is 18.2 Å². The molecule has 17 heteroatoms. The molecule has 1 fully saturated rings. The fourth-order valence-corrected chi connectivity index (χ4v) is 9.03. The molecule has 7 rings (SSSR count). The lowest BCUT2D eigenvalue weighted by Gasteiger charge is -2.53. The van der Waals surface area contributed by atoms with E-state index >= 15 is 4.79 Å². The van der Waals surface area contributed by atoms with E-state index in [1.807, 2.05) is 0 Å². The molecule has 3 aromatic carbocycles. The lowest BCUT2D eigenvalue weighted by Crippen LogP contribution is -2.73. The van der Waals surface area contributed by atoms with Gasteiger partial charge in [0.25, 0.3) is 0 Å². The van der Waals surface area contributed by atoms with Crippen molar-refractivity contribution in [1.29, 1.82) is 0 Å². The van der Waals surface area contributed by atoms with E-state index in [1.165, 1.54) is 27.2 Å². The number of methoxy groups -OCH3 is 4. The van der Waals surface area contributed by atoms with Crippen molar-refractivity contribution in [2.24, 2.45) is 0 Å². The zero-order valence-electron chi connectivity index (χ0n) is 31.4. The van der Waals surface area contributed by atoms with Crippen LogP contribution in [0.5, 0.6) is 11.5 Å².